The maximum atomic E-state index is 5.96. The molecule has 106 valence electrons. The van der Waals surface area contributed by atoms with Crippen LogP contribution in [-0.2, 0) is 6.54 Å². The van der Waals surface area contributed by atoms with Crippen molar-refractivity contribution in [1.29, 1.82) is 0 Å². The molecular formula is C16H25ClN2. The van der Waals surface area contributed by atoms with Crippen molar-refractivity contribution in [3.05, 3.63) is 34.9 Å². The molecule has 0 spiro atoms. The van der Waals surface area contributed by atoms with Gasteiger partial charge in [-0.05, 0) is 37.5 Å². The molecule has 0 amide bonds. The second-order valence-electron chi connectivity index (χ2n) is 6.61. The van der Waals surface area contributed by atoms with Crippen LogP contribution in [0.3, 0.4) is 0 Å². The van der Waals surface area contributed by atoms with E-state index in [1.807, 2.05) is 12.1 Å². The Labute approximate surface area is 122 Å². The van der Waals surface area contributed by atoms with Gasteiger partial charge in [0.05, 0.1) is 0 Å². The lowest BCUT2D eigenvalue weighted by molar-refractivity contribution is 0.0627. The van der Waals surface area contributed by atoms with Gasteiger partial charge < -0.3 is 5.32 Å². The standard InChI is InChI=1S/C16H25ClN2/c1-12(2)15-9-18-16(3,4)11-19(15)10-13-5-7-14(17)8-6-13/h5-8,12,15,18H,9-11H2,1-4H3. The quantitative estimate of drug-likeness (QED) is 0.911. The third kappa shape index (κ3) is 3.95. The summed E-state index contributed by atoms with van der Waals surface area (Å²) in [6.45, 7) is 12.3. The largest absolute Gasteiger partial charge is 0.309 e. The molecule has 1 unspecified atom stereocenters. The SMILES string of the molecule is CC(C)C1CNC(C)(C)CN1Cc1ccc(Cl)cc1. The van der Waals surface area contributed by atoms with Crippen molar-refractivity contribution in [2.45, 2.75) is 45.8 Å². The number of halogens is 1. The molecule has 0 saturated carbocycles. The molecule has 1 heterocycles. The van der Waals surface area contributed by atoms with Gasteiger partial charge in [-0.3, -0.25) is 4.90 Å². The first kappa shape index (κ1) is 14.8. The van der Waals surface area contributed by atoms with Crippen LogP contribution in [0.5, 0.6) is 0 Å². The molecule has 1 aliphatic heterocycles. The van der Waals surface area contributed by atoms with Gasteiger partial charge in [0.2, 0.25) is 0 Å². The molecule has 1 aromatic carbocycles. The molecule has 1 atom stereocenters. The zero-order valence-electron chi connectivity index (χ0n) is 12.4. The Hall–Kier alpha value is -0.570. The Morgan fingerprint density at radius 3 is 2.53 bits per heavy atom. The van der Waals surface area contributed by atoms with E-state index in [2.05, 4.69) is 50.0 Å². The van der Waals surface area contributed by atoms with Gasteiger partial charge in [-0.15, -0.1) is 0 Å². The third-order valence-electron chi connectivity index (χ3n) is 3.93. The van der Waals surface area contributed by atoms with E-state index in [1.165, 1.54) is 5.56 Å². The molecule has 0 radical (unpaired) electrons. The first-order valence-corrected chi connectivity index (χ1v) is 7.49. The first-order valence-electron chi connectivity index (χ1n) is 7.11. The summed E-state index contributed by atoms with van der Waals surface area (Å²) in [5.74, 6) is 0.663. The fourth-order valence-electron chi connectivity index (χ4n) is 2.85. The summed E-state index contributed by atoms with van der Waals surface area (Å²) in [4.78, 5) is 2.60. The van der Waals surface area contributed by atoms with Crippen molar-refractivity contribution >= 4 is 11.6 Å². The van der Waals surface area contributed by atoms with Crippen LogP contribution in [0.2, 0.25) is 5.02 Å². The summed E-state index contributed by atoms with van der Waals surface area (Å²) in [6, 6.07) is 8.83. The summed E-state index contributed by atoms with van der Waals surface area (Å²) >= 11 is 5.96. The molecule has 0 aromatic heterocycles. The maximum absolute atomic E-state index is 5.96. The average Bonchev–Trinajstić information content (AvgIpc) is 2.30. The van der Waals surface area contributed by atoms with Gasteiger partial charge in [-0.25, -0.2) is 0 Å². The van der Waals surface area contributed by atoms with E-state index in [1.54, 1.807) is 0 Å². The molecule has 1 aromatic rings. The average molecular weight is 281 g/mol. The highest BCUT2D eigenvalue weighted by molar-refractivity contribution is 6.30. The highest BCUT2D eigenvalue weighted by Crippen LogP contribution is 2.23. The number of hydrogen-bond donors (Lipinski definition) is 1. The van der Waals surface area contributed by atoms with Crippen molar-refractivity contribution in [2.24, 2.45) is 5.92 Å². The molecule has 3 heteroatoms. The number of piperazine rings is 1. The normalized spacial score (nSPS) is 23.8. The van der Waals surface area contributed by atoms with Gasteiger partial charge >= 0.3 is 0 Å². The van der Waals surface area contributed by atoms with E-state index < -0.39 is 0 Å². The van der Waals surface area contributed by atoms with Crippen LogP contribution in [0.4, 0.5) is 0 Å². The Balaban J connectivity index is 2.11. The fraction of sp³-hybridized carbons (Fsp3) is 0.625. The summed E-state index contributed by atoms with van der Waals surface area (Å²) in [5.41, 5.74) is 1.53. The van der Waals surface area contributed by atoms with Crippen LogP contribution >= 0.6 is 11.6 Å². The molecule has 1 saturated heterocycles. The molecule has 0 aliphatic carbocycles. The van der Waals surface area contributed by atoms with Gasteiger partial charge in [0, 0.05) is 36.2 Å². The number of benzene rings is 1. The van der Waals surface area contributed by atoms with E-state index >= 15 is 0 Å². The zero-order chi connectivity index (χ0) is 14.0. The molecule has 19 heavy (non-hydrogen) atoms. The first-order chi connectivity index (χ1) is 8.87. The Kier molecular flexibility index (Phi) is 4.54. The molecular weight excluding hydrogens is 256 g/mol. The topological polar surface area (TPSA) is 15.3 Å². The number of hydrogen-bond acceptors (Lipinski definition) is 2. The van der Waals surface area contributed by atoms with Crippen molar-refractivity contribution in [3.8, 4) is 0 Å². The van der Waals surface area contributed by atoms with Crippen molar-refractivity contribution < 1.29 is 0 Å². The highest BCUT2D eigenvalue weighted by atomic mass is 35.5. The summed E-state index contributed by atoms with van der Waals surface area (Å²) in [7, 11) is 0. The molecule has 1 fully saturated rings. The number of nitrogens with one attached hydrogen (secondary N) is 1. The smallest absolute Gasteiger partial charge is 0.0406 e. The lowest BCUT2D eigenvalue weighted by Gasteiger charge is -2.46. The van der Waals surface area contributed by atoms with Crippen molar-refractivity contribution in [1.82, 2.24) is 10.2 Å². The Morgan fingerprint density at radius 2 is 1.95 bits per heavy atom. The fourth-order valence-corrected chi connectivity index (χ4v) is 2.97. The minimum Gasteiger partial charge on any atom is -0.309 e. The number of rotatable bonds is 3. The highest BCUT2D eigenvalue weighted by Gasteiger charge is 2.33. The van der Waals surface area contributed by atoms with Crippen LogP contribution in [0.15, 0.2) is 24.3 Å². The lowest BCUT2D eigenvalue weighted by Crippen LogP contribution is -2.62. The van der Waals surface area contributed by atoms with Crippen LogP contribution in [0.25, 0.3) is 0 Å². The minimum absolute atomic E-state index is 0.192. The predicted molar refractivity (Wildman–Crippen MR) is 82.6 cm³/mol. The monoisotopic (exact) mass is 280 g/mol. The molecule has 2 rings (SSSR count). The third-order valence-corrected chi connectivity index (χ3v) is 4.18. The van der Waals surface area contributed by atoms with Gasteiger partial charge in [-0.2, -0.15) is 0 Å². The van der Waals surface area contributed by atoms with Gasteiger partial charge in [-0.1, -0.05) is 37.6 Å². The van der Waals surface area contributed by atoms with Gasteiger partial charge in [0.1, 0.15) is 0 Å². The number of nitrogens with zero attached hydrogens (tertiary/aromatic N) is 1. The van der Waals surface area contributed by atoms with Crippen molar-refractivity contribution in [2.75, 3.05) is 13.1 Å². The van der Waals surface area contributed by atoms with E-state index in [4.69, 9.17) is 11.6 Å². The second-order valence-corrected chi connectivity index (χ2v) is 7.04. The van der Waals surface area contributed by atoms with E-state index in [9.17, 15) is 0 Å². The molecule has 1 aliphatic rings. The van der Waals surface area contributed by atoms with Gasteiger partial charge in [0.25, 0.3) is 0 Å². The summed E-state index contributed by atoms with van der Waals surface area (Å²) in [5, 5.41) is 4.46. The second kappa shape index (κ2) is 5.82. The van der Waals surface area contributed by atoms with Crippen LogP contribution in [0.1, 0.15) is 33.3 Å². The van der Waals surface area contributed by atoms with E-state index in [0.717, 1.165) is 24.7 Å². The van der Waals surface area contributed by atoms with Crippen LogP contribution < -0.4 is 5.32 Å². The van der Waals surface area contributed by atoms with Gasteiger partial charge in [0.15, 0.2) is 0 Å². The van der Waals surface area contributed by atoms with Crippen LogP contribution in [0, 0.1) is 5.92 Å². The van der Waals surface area contributed by atoms with E-state index in [0.29, 0.717) is 12.0 Å². The lowest BCUT2D eigenvalue weighted by atomic mass is 9.92. The van der Waals surface area contributed by atoms with Crippen molar-refractivity contribution in [3.63, 3.8) is 0 Å². The summed E-state index contributed by atoms with van der Waals surface area (Å²) in [6.07, 6.45) is 0. The molecule has 1 N–H and O–H groups in total. The molecule has 0 bridgehead atoms. The minimum atomic E-state index is 0.192. The Bertz CT molecular complexity index is 411. The maximum Gasteiger partial charge on any atom is 0.0406 e. The Morgan fingerprint density at radius 1 is 1.32 bits per heavy atom. The zero-order valence-corrected chi connectivity index (χ0v) is 13.2. The summed E-state index contributed by atoms with van der Waals surface area (Å²) < 4.78 is 0. The van der Waals surface area contributed by atoms with E-state index in [-0.39, 0.29) is 5.54 Å². The predicted octanol–water partition coefficient (Wildman–Crippen LogP) is 3.55. The van der Waals surface area contributed by atoms with Crippen LogP contribution in [-0.4, -0.2) is 29.6 Å². The molecule has 2 nitrogen and oxygen atoms in total.